The van der Waals surface area contributed by atoms with Crippen molar-refractivity contribution in [2.45, 2.75) is 59.2 Å². The maximum Gasteiger partial charge on any atom is 0.258 e. The van der Waals surface area contributed by atoms with Crippen LogP contribution in [0, 0.1) is 6.92 Å². The van der Waals surface area contributed by atoms with E-state index >= 15 is 0 Å². The number of aryl methyl sites for hydroxylation is 1. The molecule has 1 aromatic carbocycles. The molecule has 1 rings (SSSR count). The Bertz CT molecular complexity index is 510. The number of ether oxygens (including phenoxy) is 1. The second-order valence-corrected chi connectivity index (χ2v) is 7.15. The standard InChI is InChI=1S/C16H25BrN2O2/c1-6-13(15(18)20)21-14-10(2)7-12(17)8-11(14)9-19-16(3,4)5/h7-8,13,19H,6,9H2,1-5H3,(H2,18,20). The molecule has 21 heavy (non-hydrogen) atoms. The molecule has 0 heterocycles. The first-order valence-corrected chi connectivity index (χ1v) is 7.93. The van der Waals surface area contributed by atoms with Crippen LogP contribution in [-0.4, -0.2) is 17.6 Å². The third-order valence-corrected chi connectivity index (χ3v) is 3.53. The van der Waals surface area contributed by atoms with E-state index < -0.39 is 12.0 Å². The minimum absolute atomic E-state index is 0.00133. The van der Waals surface area contributed by atoms with Crippen molar-refractivity contribution in [2.24, 2.45) is 5.73 Å². The molecule has 118 valence electrons. The minimum Gasteiger partial charge on any atom is -0.480 e. The Morgan fingerprint density at radius 1 is 1.43 bits per heavy atom. The molecular formula is C16H25BrN2O2. The van der Waals surface area contributed by atoms with Crippen molar-refractivity contribution in [2.75, 3.05) is 0 Å². The molecule has 0 radical (unpaired) electrons. The number of carbonyl (C=O) groups excluding carboxylic acids is 1. The summed E-state index contributed by atoms with van der Waals surface area (Å²) in [5.41, 5.74) is 7.37. The molecule has 1 amide bonds. The van der Waals surface area contributed by atoms with E-state index in [1.165, 1.54) is 0 Å². The van der Waals surface area contributed by atoms with E-state index in [4.69, 9.17) is 10.5 Å². The summed E-state index contributed by atoms with van der Waals surface area (Å²) in [5, 5.41) is 3.44. The van der Waals surface area contributed by atoms with Gasteiger partial charge in [-0.2, -0.15) is 0 Å². The fraction of sp³-hybridized carbons (Fsp3) is 0.562. The summed E-state index contributed by atoms with van der Waals surface area (Å²) in [5.74, 6) is 0.301. The monoisotopic (exact) mass is 356 g/mol. The highest BCUT2D eigenvalue weighted by atomic mass is 79.9. The first-order valence-electron chi connectivity index (χ1n) is 7.14. The number of rotatable bonds is 6. The van der Waals surface area contributed by atoms with Crippen molar-refractivity contribution in [3.63, 3.8) is 0 Å². The first kappa shape index (κ1) is 18.0. The van der Waals surface area contributed by atoms with E-state index in [1.54, 1.807) is 0 Å². The van der Waals surface area contributed by atoms with E-state index in [0.717, 1.165) is 21.3 Å². The first-order chi connectivity index (χ1) is 9.64. The zero-order valence-corrected chi connectivity index (χ0v) is 15.0. The lowest BCUT2D eigenvalue weighted by atomic mass is 10.1. The quantitative estimate of drug-likeness (QED) is 0.821. The molecule has 0 aliphatic rings. The van der Waals surface area contributed by atoms with Crippen LogP contribution in [0.25, 0.3) is 0 Å². The molecule has 1 aromatic rings. The van der Waals surface area contributed by atoms with E-state index in [1.807, 2.05) is 26.0 Å². The molecule has 3 N–H and O–H groups in total. The summed E-state index contributed by atoms with van der Waals surface area (Å²) in [6.45, 7) is 10.8. The molecule has 0 saturated carbocycles. The minimum atomic E-state index is -0.599. The van der Waals surface area contributed by atoms with Gasteiger partial charge in [0.25, 0.3) is 5.91 Å². The van der Waals surface area contributed by atoms with Crippen molar-refractivity contribution < 1.29 is 9.53 Å². The highest BCUT2D eigenvalue weighted by Gasteiger charge is 2.19. The van der Waals surface area contributed by atoms with Crippen molar-refractivity contribution in [1.82, 2.24) is 5.32 Å². The average Bonchev–Trinajstić information content (AvgIpc) is 2.33. The fourth-order valence-corrected chi connectivity index (χ4v) is 2.56. The van der Waals surface area contributed by atoms with Crippen LogP contribution in [0.3, 0.4) is 0 Å². The van der Waals surface area contributed by atoms with E-state index in [-0.39, 0.29) is 5.54 Å². The highest BCUT2D eigenvalue weighted by Crippen LogP contribution is 2.29. The van der Waals surface area contributed by atoms with Gasteiger partial charge >= 0.3 is 0 Å². The Kier molecular flexibility index (Phi) is 6.23. The molecule has 0 spiro atoms. The second kappa shape index (κ2) is 7.27. The summed E-state index contributed by atoms with van der Waals surface area (Å²) in [6.07, 6.45) is -0.0463. The van der Waals surface area contributed by atoms with Gasteiger partial charge in [-0.3, -0.25) is 4.79 Å². The van der Waals surface area contributed by atoms with Crippen LogP contribution >= 0.6 is 15.9 Å². The van der Waals surface area contributed by atoms with Gasteiger partial charge in [0.1, 0.15) is 5.75 Å². The lowest BCUT2D eigenvalue weighted by Gasteiger charge is -2.24. The SMILES string of the molecule is CCC(Oc1c(C)cc(Br)cc1CNC(C)(C)C)C(N)=O. The fourth-order valence-electron chi connectivity index (χ4n) is 1.94. The van der Waals surface area contributed by atoms with Crippen molar-refractivity contribution in [3.05, 3.63) is 27.7 Å². The van der Waals surface area contributed by atoms with Gasteiger partial charge in [-0.25, -0.2) is 0 Å². The third kappa shape index (κ3) is 5.67. The normalized spacial score (nSPS) is 13.0. The Labute approximate surface area is 135 Å². The Morgan fingerprint density at radius 2 is 2.05 bits per heavy atom. The maximum atomic E-state index is 11.4. The molecule has 0 aromatic heterocycles. The molecule has 4 nitrogen and oxygen atoms in total. The average molecular weight is 357 g/mol. The number of amides is 1. The van der Waals surface area contributed by atoms with Crippen LogP contribution in [0.15, 0.2) is 16.6 Å². The smallest absolute Gasteiger partial charge is 0.258 e. The van der Waals surface area contributed by atoms with Gasteiger partial charge < -0.3 is 15.8 Å². The number of benzene rings is 1. The third-order valence-electron chi connectivity index (χ3n) is 3.07. The van der Waals surface area contributed by atoms with E-state index in [0.29, 0.717) is 13.0 Å². The van der Waals surface area contributed by atoms with Crippen molar-refractivity contribution in [3.8, 4) is 5.75 Å². The van der Waals surface area contributed by atoms with E-state index in [9.17, 15) is 4.79 Å². The number of nitrogens with one attached hydrogen (secondary N) is 1. The molecule has 1 atom stereocenters. The van der Waals surface area contributed by atoms with E-state index in [2.05, 4.69) is 42.0 Å². The van der Waals surface area contributed by atoms with Gasteiger partial charge in [0, 0.05) is 22.1 Å². The van der Waals surface area contributed by atoms with Crippen LogP contribution in [0.1, 0.15) is 45.2 Å². The zero-order chi connectivity index (χ0) is 16.2. The number of primary amides is 1. The van der Waals surface area contributed by atoms with Crippen LogP contribution in [0.5, 0.6) is 5.75 Å². The number of halogens is 1. The predicted octanol–water partition coefficient (Wildman–Crippen LogP) is 3.29. The number of hydrogen-bond donors (Lipinski definition) is 2. The van der Waals surface area contributed by atoms with Gasteiger partial charge in [-0.15, -0.1) is 0 Å². The molecular weight excluding hydrogens is 332 g/mol. The molecule has 0 bridgehead atoms. The number of carbonyl (C=O) groups is 1. The second-order valence-electron chi connectivity index (χ2n) is 6.23. The predicted molar refractivity (Wildman–Crippen MR) is 89.4 cm³/mol. The van der Waals surface area contributed by atoms with Crippen LogP contribution in [-0.2, 0) is 11.3 Å². The Morgan fingerprint density at radius 3 is 2.52 bits per heavy atom. The topological polar surface area (TPSA) is 64.3 Å². The van der Waals surface area contributed by atoms with Gasteiger partial charge in [0.05, 0.1) is 0 Å². The molecule has 5 heteroatoms. The lowest BCUT2D eigenvalue weighted by molar-refractivity contribution is -0.124. The number of hydrogen-bond acceptors (Lipinski definition) is 3. The van der Waals surface area contributed by atoms with Gasteiger partial charge in [-0.1, -0.05) is 22.9 Å². The Hall–Kier alpha value is -1.07. The summed E-state index contributed by atoms with van der Waals surface area (Å²) in [6, 6.07) is 3.98. The molecule has 0 aliphatic carbocycles. The molecule has 0 fully saturated rings. The summed E-state index contributed by atoms with van der Waals surface area (Å²) >= 11 is 3.50. The van der Waals surface area contributed by atoms with Crippen molar-refractivity contribution in [1.29, 1.82) is 0 Å². The molecule has 0 saturated heterocycles. The van der Waals surface area contributed by atoms with Gasteiger partial charge in [0.2, 0.25) is 0 Å². The maximum absolute atomic E-state index is 11.4. The van der Waals surface area contributed by atoms with Gasteiger partial charge in [-0.05, 0) is 51.8 Å². The number of nitrogens with two attached hydrogens (primary N) is 1. The van der Waals surface area contributed by atoms with Crippen LogP contribution in [0.4, 0.5) is 0 Å². The summed E-state index contributed by atoms with van der Waals surface area (Å²) in [4.78, 5) is 11.4. The van der Waals surface area contributed by atoms with Crippen LogP contribution < -0.4 is 15.8 Å². The van der Waals surface area contributed by atoms with Crippen LogP contribution in [0.2, 0.25) is 0 Å². The van der Waals surface area contributed by atoms with Gasteiger partial charge in [0.15, 0.2) is 6.10 Å². The molecule has 1 unspecified atom stereocenters. The largest absolute Gasteiger partial charge is 0.480 e. The van der Waals surface area contributed by atoms with Crippen molar-refractivity contribution >= 4 is 21.8 Å². The zero-order valence-electron chi connectivity index (χ0n) is 13.4. The molecule has 0 aliphatic heterocycles. The lowest BCUT2D eigenvalue weighted by Crippen LogP contribution is -2.36. The Balaban J connectivity index is 3.08. The summed E-state index contributed by atoms with van der Waals surface area (Å²) in [7, 11) is 0. The highest BCUT2D eigenvalue weighted by molar-refractivity contribution is 9.10. The summed E-state index contributed by atoms with van der Waals surface area (Å²) < 4.78 is 6.86.